The van der Waals surface area contributed by atoms with E-state index in [1.165, 1.54) is 0 Å². The highest BCUT2D eigenvalue weighted by Gasteiger charge is 2.05. The first kappa shape index (κ1) is 12.5. The van der Waals surface area contributed by atoms with Crippen molar-refractivity contribution in [3.05, 3.63) is 42.0 Å². The first-order valence-electron chi connectivity index (χ1n) is 5.68. The summed E-state index contributed by atoms with van der Waals surface area (Å²) in [4.78, 5) is 11.6. The van der Waals surface area contributed by atoms with Gasteiger partial charge in [0.25, 0.3) is 0 Å². The SMILES string of the molecule is CCCCC=C(C)C(=O)Oc1ccccc1. The predicted octanol–water partition coefficient (Wildman–Crippen LogP) is 3.73. The molecule has 0 amide bonds. The van der Waals surface area contributed by atoms with E-state index in [-0.39, 0.29) is 5.97 Å². The third-order valence-corrected chi connectivity index (χ3v) is 2.28. The van der Waals surface area contributed by atoms with E-state index in [9.17, 15) is 4.79 Å². The van der Waals surface area contributed by atoms with Gasteiger partial charge in [-0.2, -0.15) is 0 Å². The van der Waals surface area contributed by atoms with Crippen LogP contribution >= 0.6 is 0 Å². The lowest BCUT2D eigenvalue weighted by Crippen LogP contribution is -2.08. The Balaban J connectivity index is 2.49. The standard InChI is InChI=1S/C14H18O2/c1-3-4-6-9-12(2)14(15)16-13-10-7-5-8-11-13/h5,7-11H,3-4,6H2,1-2H3. The van der Waals surface area contributed by atoms with Crippen molar-refractivity contribution >= 4 is 5.97 Å². The van der Waals surface area contributed by atoms with Crippen LogP contribution in [0.15, 0.2) is 42.0 Å². The monoisotopic (exact) mass is 218 g/mol. The molecular weight excluding hydrogens is 200 g/mol. The number of hydrogen-bond acceptors (Lipinski definition) is 2. The van der Waals surface area contributed by atoms with Crippen LogP contribution in [0.1, 0.15) is 33.1 Å². The highest BCUT2D eigenvalue weighted by molar-refractivity contribution is 5.89. The van der Waals surface area contributed by atoms with Gasteiger partial charge in [-0.25, -0.2) is 4.79 Å². The summed E-state index contributed by atoms with van der Waals surface area (Å²) in [6.07, 6.45) is 5.12. The Morgan fingerprint density at radius 2 is 2.00 bits per heavy atom. The molecule has 0 atom stereocenters. The summed E-state index contributed by atoms with van der Waals surface area (Å²) >= 11 is 0. The van der Waals surface area contributed by atoms with E-state index < -0.39 is 0 Å². The number of benzene rings is 1. The van der Waals surface area contributed by atoms with E-state index in [1.54, 1.807) is 19.1 Å². The Kier molecular flexibility index (Phi) is 5.34. The number of allylic oxidation sites excluding steroid dienone is 1. The molecule has 0 saturated carbocycles. The zero-order valence-corrected chi connectivity index (χ0v) is 9.90. The maximum absolute atomic E-state index is 11.6. The maximum Gasteiger partial charge on any atom is 0.338 e. The van der Waals surface area contributed by atoms with E-state index in [2.05, 4.69) is 6.92 Å². The molecule has 0 saturated heterocycles. The fourth-order valence-corrected chi connectivity index (χ4v) is 1.28. The van der Waals surface area contributed by atoms with Crippen molar-refractivity contribution in [2.45, 2.75) is 33.1 Å². The van der Waals surface area contributed by atoms with Gasteiger partial charge in [-0.3, -0.25) is 0 Å². The second-order valence-corrected chi connectivity index (χ2v) is 3.73. The molecule has 0 spiro atoms. The summed E-state index contributed by atoms with van der Waals surface area (Å²) in [6.45, 7) is 3.92. The third kappa shape index (κ3) is 4.30. The van der Waals surface area contributed by atoms with E-state index in [0.29, 0.717) is 11.3 Å². The van der Waals surface area contributed by atoms with E-state index in [0.717, 1.165) is 19.3 Å². The minimum atomic E-state index is -0.262. The van der Waals surface area contributed by atoms with Crippen molar-refractivity contribution in [2.75, 3.05) is 0 Å². The number of hydrogen-bond donors (Lipinski definition) is 0. The minimum Gasteiger partial charge on any atom is -0.423 e. The van der Waals surface area contributed by atoms with Gasteiger partial charge in [-0.1, -0.05) is 44.0 Å². The molecular formula is C14H18O2. The molecule has 16 heavy (non-hydrogen) atoms. The zero-order valence-electron chi connectivity index (χ0n) is 9.90. The molecule has 86 valence electrons. The molecule has 2 nitrogen and oxygen atoms in total. The van der Waals surface area contributed by atoms with Crippen LogP contribution in [0.4, 0.5) is 0 Å². The van der Waals surface area contributed by atoms with Crippen LogP contribution in [0, 0.1) is 0 Å². The van der Waals surface area contributed by atoms with Gasteiger partial charge in [0, 0.05) is 5.57 Å². The normalized spacial score (nSPS) is 11.2. The number of rotatable bonds is 5. The number of carbonyl (C=O) groups is 1. The van der Waals surface area contributed by atoms with Crippen molar-refractivity contribution in [3.63, 3.8) is 0 Å². The zero-order chi connectivity index (χ0) is 11.8. The fraction of sp³-hybridized carbons (Fsp3) is 0.357. The highest BCUT2D eigenvalue weighted by Crippen LogP contribution is 2.11. The molecule has 0 aliphatic heterocycles. The summed E-state index contributed by atoms with van der Waals surface area (Å²) in [6, 6.07) is 9.13. The van der Waals surface area contributed by atoms with Gasteiger partial charge in [0.1, 0.15) is 5.75 Å². The molecule has 0 fully saturated rings. The molecule has 1 aromatic rings. The molecule has 1 rings (SSSR count). The Bertz CT molecular complexity index is 352. The summed E-state index contributed by atoms with van der Waals surface area (Å²) in [7, 11) is 0. The molecule has 0 heterocycles. The second-order valence-electron chi connectivity index (χ2n) is 3.73. The number of carbonyl (C=O) groups excluding carboxylic acids is 1. The highest BCUT2D eigenvalue weighted by atomic mass is 16.5. The topological polar surface area (TPSA) is 26.3 Å². The van der Waals surface area contributed by atoms with Crippen molar-refractivity contribution in [1.29, 1.82) is 0 Å². The van der Waals surface area contributed by atoms with Gasteiger partial charge >= 0.3 is 5.97 Å². The van der Waals surface area contributed by atoms with Crippen molar-refractivity contribution in [2.24, 2.45) is 0 Å². The fourth-order valence-electron chi connectivity index (χ4n) is 1.28. The molecule has 0 bridgehead atoms. The van der Waals surface area contributed by atoms with Crippen LogP contribution < -0.4 is 4.74 Å². The largest absolute Gasteiger partial charge is 0.423 e. The molecule has 0 aromatic heterocycles. The lowest BCUT2D eigenvalue weighted by atomic mass is 10.2. The molecule has 0 aliphatic carbocycles. The molecule has 0 N–H and O–H groups in total. The van der Waals surface area contributed by atoms with Crippen LogP contribution in [0.25, 0.3) is 0 Å². The minimum absolute atomic E-state index is 0.262. The van der Waals surface area contributed by atoms with Gasteiger partial charge < -0.3 is 4.74 Å². The third-order valence-electron chi connectivity index (χ3n) is 2.28. The second kappa shape index (κ2) is 6.83. The van der Waals surface area contributed by atoms with Crippen LogP contribution in [0.3, 0.4) is 0 Å². The summed E-state index contributed by atoms with van der Waals surface area (Å²) < 4.78 is 5.20. The van der Waals surface area contributed by atoms with Crippen LogP contribution in [-0.4, -0.2) is 5.97 Å². The van der Waals surface area contributed by atoms with Crippen molar-refractivity contribution < 1.29 is 9.53 Å². The van der Waals surface area contributed by atoms with Crippen molar-refractivity contribution in [3.8, 4) is 5.75 Å². The Hall–Kier alpha value is -1.57. The molecule has 2 heteroatoms. The van der Waals surface area contributed by atoms with Crippen LogP contribution in [0.5, 0.6) is 5.75 Å². The first-order valence-corrected chi connectivity index (χ1v) is 5.68. The van der Waals surface area contributed by atoms with Crippen molar-refractivity contribution in [1.82, 2.24) is 0 Å². The predicted molar refractivity (Wildman–Crippen MR) is 65.4 cm³/mol. The van der Waals surface area contributed by atoms with Gasteiger partial charge in [0.05, 0.1) is 0 Å². The molecule has 0 unspecified atom stereocenters. The molecule has 0 aliphatic rings. The lowest BCUT2D eigenvalue weighted by Gasteiger charge is -2.03. The van der Waals surface area contributed by atoms with Gasteiger partial charge in [0.2, 0.25) is 0 Å². The number of unbranched alkanes of at least 4 members (excludes halogenated alkanes) is 2. The smallest absolute Gasteiger partial charge is 0.338 e. The van der Waals surface area contributed by atoms with E-state index in [4.69, 9.17) is 4.74 Å². The van der Waals surface area contributed by atoms with E-state index in [1.807, 2.05) is 24.3 Å². The summed E-state index contributed by atoms with van der Waals surface area (Å²) in [5, 5.41) is 0. The maximum atomic E-state index is 11.6. The van der Waals surface area contributed by atoms with Crippen LogP contribution in [0.2, 0.25) is 0 Å². The average Bonchev–Trinajstić information content (AvgIpc) is 2.30. The van der Waals surface area contributed by atoms with Crippen LogP contribution in [-0.2, 0) is 4.79 Å². The molecule has 1 aromatic carbocycles. The quantitative estimate of drug-likeness (QED) is 0.326. The Morgan fingerprint density at radius 3 is 2.62 bits per heavy atom. The van der Waals surface area contributed by atoms with E-state index >= 15 is 0 Å². The van der Waals surface area contributed by atoms with Gasteiger partial charge in [-0.15, -0.1) is 0 Å². The Morgan fingerprint density at radius 1 is 1.31 bits per heavy atom. The Labute approximate surface area is 96.9 Å². The number of para-hydroxylation sites is 1. The summed E-state index contributed by atoms with van der Waals surface area (Å²) in [5.74, 6) is 0.332. The number of esters is 1. The van der Waals surface area contributed by atoms with Gasteiger partial charge in [0.15, 0.2) is 0 Å². The molecule has 0 radical (unpaired) electrons. The summed E-state index contributed by atoms with van der Waals surface area (Å²) in [5.41, 5.74) is 0.678. The number of ether oxygens (including phenoxy) is 1. The van der Waals surface area contributed by atoms with Gasteiger partial charge in [-0.05, 0) is 25.5 Å². The average molecular weight is 218 g/mol. The lowest BCUT2D eigenvalue weighted by molar-refractivity contribution is -0.130. The first-order chi connectivity index (χ1) is 7.74.